The van der Waals surface area contributed by atoms with Crippen LogP contribution in [0.3, 0.4) is 0 Å². The minimum Gasteiger partial charge on any atom is -0.308 e. The molecule has 0 aromatic carbocycles. The van der Waals surface area contributed by atoms with Gasteiger partial charge in [0, 0.05) is 18.5 Å². The lowest BCUT2D eigenvalue weighted by molar-refractivity contribution is -0.154. The van der Waals surface area contributed by atoms with E-state index in [2.05, 4.69) is 59.7 Å². The molecule has 0 aromatic rings. The van der Waals surface area contributed by atoms with E-state index in [4.69, 9.17) is 0 Å². The number of rotatable bonds is 4. The molecule has 4 heteroatoms. The number of ketones is 1. The van der Waals surface area contributed by atoms with Crippen molar-refractivity contribution < 1.29 is 9.59 Å². The zero-order valence-electron chi connectivity index (χ0n) is 22.1. The van der Waals surface area contributed by atoms with Gasteiger partial charge in [-0.3, -0.25) is 9.59 Å². The summed E-state index contributed by atoms with van der Waals surface area (Å²) in [4.78, 5) is 30.7. The standard InChI is InChI=1S/C29H46N2O2/c1-17(2)20-16-31(27(20)33)25-13-15-29(5)23-12-14-28(4)21(18(3)30(6)7)10-11-22(28)19(23)8-9-24(29)26(25)32/h13,17-24H,8-12,14-16H2,1-7H3/t18-,19-,20-,21+,22-,23-,24+,28+,29+/m0/s1. The van der Waals surface area contributed by atoms with Gasteiger partial charge in [0.2, 0.25) is 5.91 Å². The molecule has 0 unspecified atom stereocenters. The van der Waals surface area contributed by atoms with Crippen molar-refractivity contribution in [2.24, 2.45) is 52.3 Å². The van der Waals surface area contributed by atoms with Gasteiger partial charge in [-0.05, 0) is 106 Å². The topological polar surface area (TPSA) is 40.6 Å². The SMILES string of the molecule is CC(C)[C@@H]1CN(C2=CC[C@@]3(C)[C@H](CC[C@@H]4[C@@H]3CC[C@]3(C)[C@@H]([C@H](C)N(C)C)CC[C@@H]43)C2=O)C1=O. The van der Waals surface area contributed by atoms with Gasteiger partial charge in [-0.25, -0.2) is 0 Å². The van der Waals surface area contributed by atoms with Gasteiger partial charge in [-0.2, -0.15) is 0 Å². The Labute approximate surface area is 201 Å². The second kappa shape index (κ2) is 7.93. The number of likely N-dealkylation sites (tertiary alicyclic amines) is 1. The molecule has 4 fully saturated rings. The Kier molecular flexibility index (Phi) is 5.67. The van der Waals surface area contributed by atoms with Crippen LogP contribution in [0.15, 0.2) is 11.8 Å². The number of hydrogen-bond acceptors (Lipinski definition) is 3. The number of carbonyl (C=O) groups is 2. The van der Waals surface area contributed by atoms with Crippen LogP contribution in [0.25, 0.3) is 0 Å². The van der Waals surface area contributed by atoms with Gasteiger partial charge in [0.15, 0.2) is 5.78 Å². The lowest BCUT2D eigenvalue weighted by Gasteiger charge is -2.60. The van der Waals surface area contributed by atoms with Crippen LogP contribution in [-0.2, 0) is 9.59 Å². The van der Waals surface area contributed by atoms with E-state index in [1.54, 1.807) is 4.90 Å². The van der Waals surface area contributed by atoms with Crippen molar-refractivity contribution in [3.63, 3.8) is 0 Å². The molecule has 4 aliphatic carbocycles. The Morgan fingerprint density at radius 3 is 2.30 bits per heavy atom. The number of fused-ring (bicyclic) bond motifs is 5. The van der Waals surface area contributed by atoms with E-state index < -0.39 is 0 Å². The normalized spacial score (nSPS) is 46.0. The first-order valence-electron chi connectivity index (χ1n) is 13.7. The van der Waals surface area contributed by atoms with E-state index in [1.165, 1.54) is 32.1 Å². The van der Waals surface area contributed by atoms with Crippen LogP contribution < -0.4 is 0 Å². The average Bonchev–Trinajstić information content (AvgIpc) is 3.10. The maximum Gasteiger partial charge on any atom is 0.232 e. The number of hydrogen-bond donors (Lipinski definition) is 0. The Morgan fingerprint density at radius 1 is 0.970 bits per heavy atom. The maximum atomic E-state index is 13.7. The summed E-state index contributed by atoms with van der Waals surface area (Å²) < 4.78 is 0. The molecule has 4 nitrogen and oxygen atoms in total. The molecule has 0 spiro atoms. The molecule has 5 aliphatic rings. The minimum absolute atomic E-state index is 0.0709. The molecule has 184 valence electrons. The van der Waals surface area contributed by atoms with E-state index in [0.29, 0.717) is 23.3 Å². The lowest BCUT2D eigenvalue weighted by Crippen LogP contribution is -2.59. The van der Waals surface area contributed by atoms with Crippen molar-refractivity contribution in [1.82, 2.24) is 9.80 Å². The third-order valence-electron chi connectivity index (χ3n) is 11.7. The lowest BCUT2D eigenvalue weighted by atomic mass is 9.45. The molecule has 0 bridgehead atoms. The summed E-state index contributed by atoms with van der Waals surface area (Å²) in [5.74, 6) is 4.02. The highest BCUT2D eigenvalue weighted by atomic mass is 16.2. The number of Topliss-reactive ketones (excluding diaryl/α,β-unsaturated/α-hetero) is 1. The smallest absolute Gasteiger partial charge is 0.232 e. The van der Waals surface area contributed by atoms with Crippen LogP contribution in [0.4, 0.5) is 0 Å². The maximum absolute atomic E-state index is 13.7. The van der Waals surface area contributed by atoms with Crippen molar-refractivity contribution in [3.8, 4) is 0 Å². The monoisotopic (exact) mass is 454 g/mol. The van der Waals surface area contributed by atoms with Gasteiger partial charge >= 0.3 is 0 Å². The van der Waals surface area contributed by atoms with Gasteiger partial charge in [0.25, 0.3) is 0 Å². The molecule has 5 rings (SSSR count). The van der Waals surface area contributed by atoms with Crippen LogP contribution in [0, 0.1) is 52.3 Å². The summed E-state index contributed by atoms with van der Waals surface area (Å²) in [7, 11) is 4.48. The summed E-state index contributed by atoms with van der Waals surface area (Å²) >= 11 is 0. The Morgan fingerprint density at radius 2 is 1.67 bits per heavy atom. The first kappa shape index (κ1) is 23.6. The fourth-order valence-corrected chi connectivity index (χ4v) is 9.38. The predicted octanol–water partition coefficient (Wildman–Crippen LogP) is 5.38. The van der Waals surface area contributed by atoms with E-state index in [0.717, 1.165) is 42.8 Å². The predicted molar refractivity (Wildman–Crippen MR) is 132 cm³/mol. The number of nitrogens with zero attached hydrogens (tertiary/aromatic N) is 2. The largest absolute Gasteiger partial charge is 0.308 e. The van der Waals surface area contributed by atoms with E-state index in [9.17, 15) is 9.59 Å². The zero-order chi connectivity index (χ0) is 23.9. The molecule has 3 saturated carbocycles. The highest BCUT2D eigenvalue weighted by Gasteiger charge is 2.62. The summed E-state index contributed by atoms with van der Waals surface area (Å²) in [6, 6.07) is 0.633. The molecule has 1 aliphatic heterocycles. The van der Waals surface area contributed by atoms with Crippen molar-refractivity contribution in [1.29, 1.82) is 0 Å². The van der Waals surface area contributed by atoms with Gasteiger partial charge in [0.05, 0.1) is 11.6 Å². The molecule has 1 saturated heterocycles. The third kappa shape index (κ3) is 3.25. The molecular formula is C29H46N2O2. The Bertz CT molecular complexity index is 862. The Hall–Kier alpha value is -1.16. The highest BCUT2D eigenvalue weighted by Crippen LogP contribution is 2.67. The molecule has 9 atom stereocenters. The molecule has 33 heavy (non-hydrogen) atoms. The third-order valence-corrected chi connectivity index (χ3v) is 11.7. The fourth-order valence-electron chi connectivity index (χ4n) is 9.38. The second-order valence-corrected chi connectivity index (χ2v) is 13.4. The van der Waals surface area contributed by atoms with Crippen molar-refractivity contribution in [2.75, 3.05) is 20.6 Å². The number of carbonyl (C=O) groups excluding carboxylic acids is 2. The number of β-lactam (4-membered cyclic amide) rings is 1. The minimum atomic E-state index is 0.0709. The average molecular weight is 455 g/mol. The van der Waals surface area contributed by atoms with Crippen LogP contribution in [0.2, 0.25) is 0 Å². The summed E-state index contributed by atoms with van der Waals surface area (Å²) in [5, 5.41) is 0. The van der Waals surface area contributed by atoms with E-state index in [1.807, 2.05) is 0 Å². The van der Waals surface area contributed by atoms with Crippen LogP contribution in [0.5, 0.6) is 0 Å². The van der Waals surface area contributed by atoms with Crippen molar-refractivity contribution in [2.45, 2.75) is 85.6 Å². The summed E-state index contributed by atoms with van der Waals surface area (Å²) in [6.45, 7) is 12.4. The summed E-state index contributed by atoms with van der Waals surface area (Å²) in [5.41, 5.74) is 1.25. The fraction of sp³-hybridized carbons (Fsp3) is 0.862. The van der Waals surface area contributed by atoms with Crippen LogP contribution in [0.1, 0.15) is 79.6 Å². The molecule has 0 radical (unpaired) electrons. The van der Waals surface area contributed by atoms with E-state index in [-0.39, 0.29) is 28.9 Å². The van der Waals surface area contributed by atoms with Crippen LogP contribution in [-0.4, -0.2) is 48.2 Å². The van der Waals surface area contributed by atoms with Crippen molar-refractivity contribution in [3.05, 3.63) is 11.8 Å². The van der Waals surface area contributed by atoms with Crippen molar-refractivity contribution >= 4 is 11.7 Å². The molecular weight excluding hydrogens is 408 g/mol. The number of allylic oxidation sites excluding steroid dienone is 2. The molecule has 1 amide bonds. The first-order chi connectivity index (χ1) is 15.5. The highest BCUT2D eigenvalue weighted by molar-refractivity contribution is 6.03. The quantitative estimate of drug-likeness (QED) is 0.535. The zero-order valence-corrected chi connectivity index (χ0v) is 22.1. The molecule has 1 heterocycles. The molecule has 0 N–H and O–H groups in total. The summed E-state index contributed by atoms with van der Waals surface area (Å²) in [6.07, 6.45) is 10.7. The van der Waals surface area contributed by atoms with Gasteiger partial charge in [-0.1, -0.05) is 33.8 Å². The van der Waals surface area contributed by atoms with Gasteiger partial charge in [-0.15, -0.1) is 0 Å². The number of amides is 1. The van der Waals surface area contributed by atoms with Gasteiger partial charge < -0.3 is 9.80 Å². The van der Waals surface area contributed by atoms with Crippen LogP contribution >= 0.6 is 0 Å². The Balaban J connectivity index is 1.37. The van der Waals surface area contributed by atoms with Gasteiger partial charge in [0.1, 0.15) is 0 Å². The first-order valence-corrected chi connectivity index (χ1v) is 13.7. The second-order valence-electron chi connectivity index (χ2n) is 13.4. The van der Waals surface area contributed by atoms with E-state index >= 15 is 0 Å². The molecule has 0 aromatic heterocycles.